The number of thioether (sulfide) groups is 1. The molecule has 1 heterocycles. The molecular formula is C18H22Cl2N6S-2. The minimum absolute atomic E-state index is 0. The fourth-order valence-corrected chi connectivity index (χ4v) is 3.15. The van der Waals surface area contributed by atoms with Gasteiger partial charge in [-0.2, -0.15) is 4.68 Å². The number of tetrazole rings is 1. The molecule has 2 aromatic carbocycles. The summed E-state index contributed by atoms with van der Waals surface area (Å²) in [5.74, 6) is 0.906. The van der Waals surface area contributed by atoms with E-state index >= 15 is 0 Å². The Hall–Kier alpha value is -1.80. The van der Waals surface area contributed by atoms with Crippen molar-refractivity contribution in [3.63, 3.8) is 0 Å². The lowest BCUT2D eigenvalue weighted by molar-refractivity contribution is -0.00100. The molecule has 0 aliphatic rings. The van der Waals surface area contributed by atoms with Crippen molar-refractivity contribution in [3.8, 4) is 5.69 Å². The van der Waals surface area contributed by atoms with E-state index in [0.29, 0.717) is 0 Å². The zero-order valence-corrected chi connectivity index (χ0v) is 17.5. The predicted octanol–water partition coefficient (Wildman–Crippen LogP) is -3.38. The molecule has 146 valence electrons. The Balaban J connectivity index is 0.00000182. The molecule has 0 bridgehead atoms. The standard InChI is InChI=1S/C18H22N6S.2ClH/c1-23(2)16-10-8-15(9-11-16)14-19-12-13-25-18-20-21-22-24(18)17-6-4-3-5-7-17;;/h3-11,19H,12-14H2,1-2H3;2*1H/p-2. The number of aromatic nitrogens is 4. The molecule has 27 heavy (non-hydrogen) atoms. The van der Waals surface area contributed by atoms with Crippen molar-refractivity contribution in [1.29, 1.82) is 0 Å². The fraction of sp³-hybridized carbons (Fsp3) is 0.278. The van der Waals surface area contributed by atoms with Gasteiger partial charge in [0.15, 0.2) is 0 Å². The van der Waals surface area contributed by atoms with E-state index in [0.717, 1.165) is 29.7 Å². The van der Waals surface area contributed by atoms with Gasteiger partial charge < -0.3 is 35.0 Å². The second-order valence-corrected chi connectivity index (χ2v) is 6.86. The minimum Gasteiger partial charge on any atom is -1.00 e. The Labute approximate surface area is 176 Å². The number of para-hydroxylation sites is 1. The Kier molecular flexibility index (Phi) is 10.2. The van der Waals surface area contributed by atoms with Gasteiger partial charge in [-0.05, 0) is 40.3 Å². The average molecular weight is 425 g/mol. The SMILES string of the molecule is CN(C)c1ccc(CNCCSc2nnnn2-c2ccccc2)cc1.[Cl-].[Cl-]. The fourth-order valence-electron chi connectivity index (χ4n) is 2.36. The van der Waals surface area contributed by atoms with Crippen molar-refractivity contribution in [2.45, 2.75) is 11.7 Å². The van der Waals surface area contributed by atoms with Crippen LogP contribution in [0, 0.1) is 0 Å². The van der Waals surface area contributed by atoms with E-state index in [1.165, 1.54) is 11.3 Å². The van der Waals surface area contributed by atoms with E-state index in [1.807, 2.05) is 44.4 Å². The lowest BCUT2D eigenvalue weighted by Gasteiger charge is -2.12. The highest BCUT2D eigenvalue weighted by Gasteiger charge is 2.08. The van der Waals surface area contributed by atoms with Crippen LogP contribution in [0.15, 0.2) is 59.8 Å². The van der Waals surface area contributed by atoms with Crippen LogP contribution >= 0.6 is 11.8 Å². The van der Waals surface area contributed by atoms with Gasteiger partial charge in [-0.3, -0.25) is 0 Å². The van der Waals surface area contributed by atoms with E-state index in [2.05, 4.69) is 50.0 Å². The molecule has 1 N–H and O–H groups in total. The highest BCUT2D eigenvalue weighted by Crippen LogP contribution is 2.17. The van der Waals surface area contributed by atoms with Crippen molar-refractivity contribution >= 4 is 17.4 Å². The Morgan fingerprint density at radius 2 is 1.70 bits per heavy atom. The van der Waals surface area contributed by atoms with E-state index in [4.69, 9.17) is 0 Å². The first kappa shape index (κ1) is 23.2. The molecule has 0 atom stereocenters. The molecule has 1 aromatic heterocycles. The quantitative estimate of drug-likeness (QED) is 0.300. The summed E-state index contributed by atoms with van der Waals surface area (Å²) in [6, 6.07) is 18.5. The van der Waals surface area contributed by atoms with Crippen LogP contribution in [0.1, 0.15) is 5.56 Å². The number of benzene rings is 2. The molecule has 9 heteroatoms. The number of nitrogens with one attached hydrogen (secondary N) is 1. The molecule has 3 rings (SSSR count). The first-order valence-electron chi connectivity index (χ1n) is 8.17. The van der Waals surface area contributed by atoms with Gasteiger partial charge in [0.1, 0.15) is 0 Å². The molecule has 0 saturated carbocycles. The van der Waals surface area contributed by atoms with Crippen LogP contribution in [0.5, 0.6) is 0 Å². The molecule has 0 radical (unpaired) electrons. The molecule has 0 fully saturated rings. The summed E-state index contributed by atoms with van der Waals surface area (Å²) in [5.41, 5.74) is 3.47. The number of nitrogens with zero attached hydrogens (tertiary/aromatic N) is 5. The molecule has 0 spiro atoms. The third kappa shape index (κ3) is 6.70. The summed E-state index contributed by atoms with van der Waals surface area (Å²) >= 11 is 1.65. The maximum Gasteiger partial charge on any atom is 0.214 e. The summed E-state index contributed by atoms with van der Waals surface area (Å²) in [6.45, 7) is 1.75. The third-order valence-corrected chi connectivity index (χ3v) is 4.65. The lowest BCUT2D eigenvalue weighted by Crippen LogP contribution is -3.00. The van der Waals surface area contributed by atoms with E-state index in [9.17, 15) is 0 Å². The van der Waals surface area contributed by atoms with Crippen LogP contribution < -0.4 is 35.0 Å². The topological polar surface area (TPSA) is 58.9 Å². The Morgan fingerprint density at radius 1 is 1.00 bits per heavy atom. The van der Waals surface area contributed by atoms with Crippen LogP contribution in [-0.2, 0) is 6.54 Å². The summed E-state index contributed by atoms with van der Waals surface area (Å²) in [7, 11) is 4.10. The van der Waals surface area contributed by atoms with Gasteiger partial charge >= 0.3 is 0 Å². The van der Waals surface area contributed by atoms with Crippen molar-refractivity contribution in [3.05, 3.63) is 60.2 Å². The van der Waals surface area contributed by atoms with Crippen LogP contribution in [0.3, 0.4) is 0 Å². The van der Waals surface area contributed by atoms with Crippen molar-refractivity contribution in [2.75, 3.05) is 31.3 Å². The van der Waals surface area contributed by atoms with E-state index < -0.39 is 0 Å². The highest BCUT2D eigenvalue weighted by atomic mass is 35.5. The molecular weight excluding hydrogens is 403 g/mol. The molecule has 0 amide bonds. The summed E-state index contributed by atoms with van der Waals surface area (Å²) in [6.07, 6.45) is 0. The molecule has 0 saturated heterocycles. The first-order valence-corrected chi connectivity index (χ1v) is 9.16. The first-order chi connectivity index (χ1) is 12.2. The van der Waals surface area contributed by atoms with Crippen LogP contribution in [0.2, 0.25) is 0 Å². The Morgan fingerprint density at radius 3 is 2.37 bits per heavy atom. The number of hydrogen-bond donors (Lipinski definition) is 1. The van der Waals surface area contributed by atoms with Gasteiger partial charge in [0.05, 0.1) is 5.69 Å². The smallest absolute Gasteiger partial charge is 0.214 e. The van der Waals surface area contributed by atoms with E-state index in [1.54, 1.807) is 16.4 Å². The highest BCUT2D eigenvalue weighted by molar-refractivity contribution is 7.99. The monoisotopic (exact) mass is 424 g/mol. The van der Waals surface area contributed by atoms with Crippen LogP contribution in [0.25, 0.3) is 5.69 Å². The van der Waals surface area contributed by atoms with Crippen molar-refractivity contribution in [2.24, 2.45) is 0 Å². The number of hydrogen-bond acceptors (Lipinski definition) is 6. The average Bonchev–Trinajstić information content (AvgIpc) is 3.11. The summed E-state index contributed by atoms with van der Waals surface area (Å²) in [4.78, 5) is 2.10. The Bertz CT molecular complexity index is 780. The van der Waals surface area contributed by atoms with Gasteiger partial charge in [-0.25, -0.2) is 0 Å². The summed E-state index contributed by atoms with van der Waals surface area (Å²) < 4.78 is 1.77. The molecule has 6 nitrogen and oxygen atoms in total. The normalized spacial score (nSPS) is 10.0. The molecule has 0 aliphatic heterocycles. The van der Waals surface area contributed by atoms with Crippen molar-refractivity contribution in [1.82, 2.24) is 25.5 Å². The minimum atomic E-state index is 0. The largest absolute Gasteiger partial charge is 1.00 e. The number of halogens is 2. The van der Waals surface area contributed by atoms with Crippen LogP contribution in [-0.4, -0.2) is 46.6 Å². The van der Waals surface area contributed by atoms with E-state index in [-0.39, 0.29) is 24.8 Å². The van der Waals surface area contributed by atoms with Crippen LogP contribution in [0.4, 0.5) is 5.69 Å². The second-order valence-electron chi connectivity index (χ2n) is 5.79. The zero-order valence-electron chi connectivity index (χ0n) is 15.2. The van der Waals surface area contributed by atoms with Gasteiger partial charge in [-0.1, -0.05) is 42.1 Å². The van der Waals surface area contributed by atoms with Crippen molar-refractivity contribution < 1.29 is 24.8 Å². The van der Waals surface area contributed by atoms with Gasteiger partial charge in [0.2, 0.25) is 5.16 Å². The second kappa shape index (κ2) is 11.8. The predicted molar refractivity (Wildman–Crippen MR) is 102 cm³/mol. The molecule has 0 aliphatic carbocycles. The van der Waals surface area contributed by atoms with Gasteiger partial charge in [0, 0.05) is 38.6 Å². The molecule has 3 aromatic rings. The maximum atomic E-state index is 4.11. The number of rotatable bonds is 8. The zero-order chi connectivity index (χ0) is 17.5. The lowest BCUT2D eigenvalue weighted by atomic mass is 10.2. The number of anilines is 1. The molecule has 0 unspecified atom stereocenters. The summed E-state index contributed by atoms with van der Waals surface area (Å²) in [5, 5.41) is 16.2. The van der Waals surface area contributed by atoms with Gasteiger partial charge in [0.25, 0.3) is 0 Å². The van der Waals surface area contributed by atoms with Gasteiger partial charge in [-0.15, -0.1) is 5.10 Å². The maximum absolute atomic E-state index is 4.11. The third-order valence-electron chi connectivity index (χ3n) is 3.73.